The Morgan fingerprint density at radius 2 is 1.76 bits per heavy atom. The van der Waals surface area contributed by atoms with Crippen molar-refractivity contribution in [2.45, 2.75) is 18.9 Å². The largest absolute Gasteiger partial charge is 0.497 e. The molecule has 0 radical (unpaired) electrons. The van der Waals surface area contributed by atoms with Crippen LogP contribution in [0.25, 0.3) is 0 Å². The van der Waals surface area contributed by atoms with Gasteiger partial charge in [0.15, 0.2) is 0 Å². The first kappa shape index (κ1) is 15.7. The van der Waals surface area contributed by atoms with Crippen LogP contribution >= 0.6 is 11.6 Å². The summed E-state index contributed by atoms with van der Waals surface area (Å²) in [4.78, 5) is 0. The van der Waals surface area contributed by atoms with Crippen LogP contribution in [0.3, 0.4) is 0 Å². The third-order valence-corrected chi connectivity index (χ3v) is 3.82. The molecule has 0 saturated carbocycles. The Kier molecular flexibility index (Phi) is 5.48. The van der Waals surface area contributed by atoms with Gasteiger partial charge < -0.3 is 15.2 Å². The third-order valence-electron chi connectivity index (χ3n) is 3.51. The Morgan fingerprint density at radius 1 is 1.05 bits per heavy atom. The Bertz CT molecular complexity index is 584. The van der Waals surface area contributed by atoms with E-state index in [0.29, 0.717) is 10.8 Å². The highest BCUT2D eigenvalue weighted by molar-refractivity contribution is 6.32. The summed E-state index contributed by atoms with van der Waals surface area (Å²) >= 11 is 6.02. The zero-order valence-electron chi connectivity index (χ0n) is 12.3. The van der Waals surface area contributed by atoms with Crippen molar-refractivity contribution in [2.24, 2.45) is 5.73 Å². The molecule has 2 rings (SSSR count). The van der Waals surface area contributed by atoms with Gasteiger partial charge in [0.05, 0.1) is 19.2 Å². The molecule has 1 atom stereocenters. The van der Waals surface area contributed by atoms with E-state index < -0.39 is 0 Å². The second kappa shape index (κ2) is 7.34. The van der Waals surface area contributed by atoms with Crippen LogP contribution in [-0.2, 0) is 6.42 Å². The normalized spacial score (nSPS) is 12.0. The molecule has 2 N–H and O–H groups in total. The molecule has 0 heterocycles. The molecule has 0 spiro atoms. The van der Waals surface area contributed by atoms with Gasteiger partial charge in [0, 0.05) is 6.04 Å². The van der Waals surface area contributed by atoms with Gasteiger partial charge >= 0.3 is 0 Å². The molecule has 0 aliphatic heterocycles. The Morgan fingerprint density at radius 3 is 2.38 bits per heavy atom. The van der Waals surface area contributed by atoms with Crippen LogP contribution in [0, 0.1) is 0 Å². The maximum Gasteiger partial charge on any atom is 0.137 e. The highest BCUT2D eigenvalue weighted by atomic mass is 35.5. The van der Waals surface area contributed by atoms with Gasteiger partial charge in [0.1, 0.15) is 11.5 Å². The molecule has 0 bridgehead atoms. The minimum Gasteiger partial charge on any atom is -0.497 e. The number of hydrogen-bond donors (Lipinski definition) is 1. The average molecular weight is 306 g/mol. The molecule has 1 unspecified atom stereocenters. The van der Waals surface area contributed by atoms with Gasteiger partial charge in [0.2, 0.25) is 0 Å². The SMILES string of the molecule is COc1ccc(CCC(N)c2ccc(Cl)c(OC)c2)cc1. The first-order valence-electron chi connectivity index (χ1n) is 6.86. The molecule has 0 aromatic heterocycles. The van der Waals surface area contributed by atoms with Crippen molar-refractivity contribution < 1.29 is 9.47 Å². The van der Waals surface area contributed by atoms with Crippen molar-refractivity contribution >= 4 is 11.6 Å². The maximum atomic E-state index is 6.25. The van der Waals surface area contributed by atoms with E-state index in [9.17, 15) is 0 Å². The van der Waals surface area contributed by atoms with Crippen molar-refractivity contribution in [1.82, 2.24) is 0 Å². The van der Waals surface area contributed by atoms with E-state index in [-0.39, 0.29) is 6.04 Å². The highest BCUT2D eigenvalue weighted by Crippen LogP contribution is 2.28. The van der Waals surface area contributed by atoms with E-state index in [2.05, 4.69) is 12.1 Å². The zero-order chi connectivity index (χ0) is 15.2. The van der Waals surface area contributed by atoms with Crippen LogP contribution in [0.1, 0.15) is 23.6 Å². The van der Waals surface area contributed by atoms with E-state index in [4.69, 9.17) is 26.8 Å². The summed E-state index contributed by atoms with van der Waals surface area (Å²) in [6.45, 7) is 0. The molecule has 2 aromatic carbocycles. The highest BCUT2D eigenvalue weighted by Gasteiger charge is 2.09. The quantitative estimate of drug-likeness (QED) is 0.877. The summed E-state index contributed by atoms with van der Waals surface area (Å²) in [6.07, 6.45) is 1.77. The summed E-state index contributed by atoms with van der Waals surface area (Å²) in [6, 6.07) is 13.7. The second-order valence-electron chi connectivity index (χ2n) is 4.89. The van der Waals surface area contributed by atoms with Gasteiger partial charge in [0.25, 0.3) is 0 Å². The molecule has 4 heteroatoms. The number of nitrogens with two attached hydrogens (primary N) is 1. The van der Waals surface area contributed by atoms with Crippen molar-refractivity contribution in [1.29, 1.82) is 0 Å². The van der Waals surface area contributed by atoms with Crippen LogP contribution in [0.5, 0.6) is 11.5 Å². The van der Waals surface area contributed by atoms with E-state index >= 15 is 0 Å². The summed E-state index contributed by atoms with van der Waals surface area (Å²) in [5.41, 5.74) is 8.52. The standard InChI is InChI=1S/C17H20ClNO2/c1-20-14-7-3-12(4-8-14)5-10-16(19)13-6-9-15(18)17(11-13)21-2/h3-4,6-9,11,16H,5,10,19H2,1-2H3. The molecule has 21 heavy (non-hydrogen) atoms. The lowest BCUT2D eigenvalue weighted by Gasteiger charge is -2.14. The number of rotatable bonds is 6. The fourth-order valence-electron chi connectivity index (χ4n) is 2.19. The lowest BCUT2D eigenvalue weighted by atomic mass is 9.99. The van der Waals surface area contributed by atoms with E-state index in [1.165, 1.54) is 5.56 Å². The fourth-order valence-corrected chi connectivity index (χ4v) is 2.38. The first-order chi connectivity index (χ1) is 10.1. The van der Waals surface area contributed by atoms with Crippen molar-refractivity contribution in [3.63, 3.8) is 0 Å². The molecule has 112 valence electrons. The summed E-state index contributed by atoms with van der Waals surface area (Å²) in [5.74, 6) is 1.53. The number of hydrogen-bond acceptors (Lipinski definition) is 3. The van der Waals surface area contributed by atoms with E-state index in [0.717, 1.165) is 24.2 Å². The van der Waals surface area contributed by atoms with Gasteiger partial charge in [-0.15, -0.1) is 0 Å². The van der Waals surface area contributed by atoms with Gasteiger partial charge in [-0.2, -0.15) is 0 Å². The van der Waals surface area contributed by atoms with Crippen molar-refractivity contribution in [2.75, 3.05) is 14.2 Å². The van der Waals surface area contributed by atoms with Gasteiger partial charge in [-0.3, -0.25) is 0 Å². The predicted octanol–water partition coefficient (Wildman–Crippen LogP) is 3.99. The van der Waals surface area contributed by atoms with Crippen molar-refractivity contribution in [3.8, 4) is 11.5 Å². The molecular weight excluding hydrogens is 286 g/mol. The molecule has 0 aliphatic rings. The number of halogens is 1. The zero-order valence-corrected chi connectivity index (χ0v) is 13.1. The number of methoxy groups -OCH3 is 2. The minimum atomic E-state index is -0.0433. The number of aryl methyl sites for hydroxylation is 1. The first-order valence-corrected chi connectivity index (χ1v) is 7.23. The molecule has 0 amide bonds. The fraction of sp³-hybridized carbons (Fsp3) is 0.294. The second-order valence-corrected chi connectivity index (χ2v) is 5.29. The summed E-state index contributed by atoms with van der Waals surface area (Å²) in [5, 5.41) is 0.601. The van der Waals surface area contributed by atoms with E-state index in [1.54, 1.807) is 14.2 Å². The minimum absolute atomic E-state index is 0.0433. The Labute approximate surface area is 130 Å². The van der Waals surface area contributed by atoms with Gasteiger partial charge in [-0.05, 0) is 48.2 Å². The van der Waals surface area contributed by atoms with Crippen molar-refractivity contribution in [3.05, 3.63) is 58.6 Å². The van der Waals surface area contributed by atoms with E-state index in [1.807, 2.05) is 30.3 Å². The predicted molar refractivity (Wildman–Crippen MR) is 86.2 cm³/mol. The smallest absolute Gasteiger partial charge is 0.137 e. The monoisotopic (exact) mass is 305 g/mol. The molecule has 2 aromatic rings. The Hall–Kier alpha value is -1.71. The van der Waals surface area contributed by atoms with Crippen LogP contribution < -0.4 is 15.2 Å². The van der Waals surface area contributed by atoms with Crippen LogP contribution in [0.4, 0.5) is 0 Å². The lowest BCUT2D eigenvalue weighted by Crippen LogP contribution is -2.11. The maximum absolute atomic E-state index is 6.25. The van der Waals surface area contributed by atoms with Crippen LogP contribution in [-0.4, -0.2) is 14.2 Å². The van der Waals surface area contributed by atoms with Crippen LogP contribution in [0.15, 0.2) is 42.5 Å². The van der Waals surface area contributed by atoms with Gasteiger partial charge in [-0.1, -0.05) is 29.8 Å². The van der Waals surface area contributed by atoms with Crippen LogP contribution in [0.2, 0.25) is 5.02 Å². The number of ether oxygens (including phenoxy) is 2. The number of benzene rings is 2. The molecule has 0 fully saturated rings. The topological polar surface area (TPSA) is 44.5 Å². The lowest BCUT2D eigenvalue weighted by molar-refractivity contribution is 0.413. The third kappa shape index (κ3) is 4.13. The molecule has 0 aliphatic carbocycles. The summed E-state index contributed by atoms with van der Waals surface area (Å²) < 4.78 is 10.4. The van der Waals surface area contributed by atoms with Gasteiger partial charge in [-0.25, -0.2) is 0 Å². The summed E-state index contributed by atoms with van der Waals surface area (Å²) in [7, 11) is 3.27. The molecule has 0 saturated heterocycles. The molecule has 3 nitrogen and oxygen atoms in total. The molecular formula is C17H20ClNO2. The average Bonchev–Trinajstić information content (AvgIpc) is 2.53. The Balaban J connectivity index is 1.98.